The molecule has 0 aliphatic heterocycles. The van der Waals surface area contributed by atoms with E-state index < -0.39 is 0 Å². The zero-order valence-electron chi connectivity index (χ0n) is 9.26. The number of nitrogen functional groups attached to an aromatic ring is 1. The minimum absolute atomic E-state index is 0.0468. The van der Waals surface area contributed by atoms with Crippen LogP contribution in [-0.2, 0) is 4.79 Å². The predicted molar refractivity (Wildman–Crippen MR) is 60.3 cm³/mol. The van der Waals surface area contributed by atoms with Gasteiger partial charge in [-0.3, -0.25) is 19.5 Å². The van der Waals surface area contributed by atoms with E-state index in [1.165, 1.54) is 24.7 Å². The molecule has 0 saturated heterocycles. The number of anilines is 2. The molecule has 8 heteroatoms. The van der Waals surface area contributed by atoms with E-state index in [1.807, 2.05) is 0 Å². The Hall–Kier alpha value is -2.51. The minimum Gasteiger partial charge on any atom is -0.382 e. The predicted octanol–water partition coefficient (Wildman–Crippen LogP) is 0.0270. The van der Waals surface area contributed by atoms with Crippen LogP contribution in [0.2, 0.25) is 0 Å². The van der Waals surface area contributed by atoms with E-state index in [4.69, 9.17) is 5.73 Å². The van der Waals surface area contributed by atoms with Crippen molar-refractivity contribution < 1.29 is 9.59 Å². The third-order valence-electron chi connectivity index (χ3n) is 2.05. The van der Waals surface area contributed by atoms with Crippen molar-refractivity contribution in [2.24, 2.45) is 0 Å². The van der Waals surface area contributed by atoms with Crippen molar-refractivity contribution in [3.8, 4) is 0 Å². The van der Waals surface area contributed by atoms with Gasteiger partial charge in [-0.05, 0) is 0 Å². The fourth-order valence-electron chi connectivity index (χ4n) is 1.37. The van der Waals surface area contributed by atoms with Crippen molar-refractivity contribution in [2.75, 3.05) is 11.1 Å². The Morgan fingerprint density at radius 2 is 2.06 bits per heavy atom. The van der Waals surface area contributed by atoms with Gasteiger partial charge in [-0.2, -0.15) is 9.97 Å². The molecular weight excluding hydrogens is 224 g/mol. The number of carbonyl (C=O) groups is 2. The number of aromatic nitrogens is 4. The molecule has 2 heterocycles. The molecule has 0 atom stereocenters. The van der Waals surface area contributed by atoms with Crippen LogP contribution in [0.15, 0.2) is 6.33 Å². The van der Waals surface area contributed by atoms with Gasteiger partial charge < -0.3 is 5.73 Å². The third kappa shape index (κ3) is 1.92. The number of nitrogens with one attached hydrogen (secondary N) is 1. The zero-order chi connectivity index (χ0) is 12.6. The number of hydrogen-bond acceptors (Lipinski definition) is 6. The van der Waals surface area contributed by atoms with Crippen LogP contribution in [0.4, 0.5) is 11.8 Å². The molecule has 0 bridgehead atoms. The van der Waals surface area contributed by atoms with Crippen molar-refractivity contribution >= 4 is 34.7 Å². The number of nitrogens with two attached hydrogens (primary N) is 1. The minimum atomic E-state index is -0.322. The molecule has 88 valence electrons. The van der Waals surface area contributed by atoms with Gasteiger partial charge in [0.1, 0.15) is 6.33 Å². The van der Waals surface area contributed by atoms with E-state index in [9.17, 15) is 9.59 Å². The van der Waals surface area contributed by atoms with Crippen molar-refractivity contribution in [3.63, 3.8) is 0 Å². The quantitative estimate of drug-likeness (QED) is 0.718. The molecule has 0 spiro atoms. The molecule has 0 aromatic carbocycles. The molecule has 1 amide bonds. The Bertz CT molecular complexity index is 617. The summed E-state index contributed by atoms with van der Waals surface area (Å²) in [5, 5.41) is 2.40. The highest BCUT2D eigenvalue weighted by molar-refractivity contribution is 5.93. The number of rotatable bonds is 1. The van der Waals surface area contributed by atoms with Gasteiger partial charge in [0, 0.05) is 13.8 Å². The molecule has 2 aromatic heterocycles. The first-order valence-corrected chi connectivity index (χ1v) is 4.78. The Morgan fingerprint density at radius 1 is 1.35 bits per heavy atom. The number of nitrogens with zero attached hydrogens (tertiary/aromatic N) is 4. The first-order valence-electron chi connectivity index (χ1n) is 4.78. The van der Waals surface area contributed by atoms with Gasteiger partial charge in [-0.25, -0.2) is 4.98 Å². The third-order valence-corrected chi connectivity index (χ3v) is 2.05. The van der Waals surface area contributed by atoms with Crippen LogP contribution in [0.3, 0.4) is 0 Å². The number of imidazole rings is 1. The molecule has 0 aliphatic carbocycles. The first kappa shape index (κ1) is 11.0. The summed E-state index contributed by atoms with van der Waals surface area (Å²) >= 11 is 0. The monoisotopic (exact) mass is 234 g/mol. The Morgan fingerprint density at radius 3 is 2.65 bits per heavy atom. The maximum Gasteiger partial charge on any atom is 0.233 e. The topological polar surface area (TPSA) is 116 Å². The molecule has 17 heavy (non-hydrogen) atoms. The molecule has 0 unspecified atom stereocenters. The number of carbonyl (C=O) groups excluding carboxylic acids is 2. The average molecular weight is 234 g/mol. The van der Waals surface area contributed by atoms with Crippen LogP contribution in [0.1, 0.15) is 18.6 Å². The summed E-state index contributed by atoms with van der Waals surface area (Å²) in [6.45, 7) is 2.70. The Labute approximate surface area is 95.9 Å². The lowest BCUT2D eigenvalue weighted by molar-refractivity contribution is -0.114. The highest BCUT2D eigenvalue weighted by Gasteiger charge is 2.13. The van der Waals surface area contributed by atoms with E-state index in [1.54, 1.807) is 0 Å². The normalized spacial score (nSPS) is 10.5. The highest BCUT2D eigenvalue weighted by Crippen LogP contribution is 2.17. The number of hydrogen-bond donors (Lipinski definition) is 2. The summed E-state index contributed by atoms with van der Waals surface area (Å²) in [5.74, 6) is -0.415. The molecule has 0 fully saturated rings. The number of amides is 1. The summed E-state index contributed by atoms with van der Waals surface area (Å²) in [6, 6.07) is 0. The molecule has 2 rings (SSSR count). The molecule has 2 aromatic rings. The lowest BCUT2D eigenvalue weighted by Crippen LogP contribution is -2.12. The van der Waals surface area contributed by atoms with Gasteiger partial charge in [-0.1, -0.05) is 0 Å². The van der Waals surface area contributed by atoms with Crippen molar-refractivity contribution in [3.05, 3.63) is 6.33 Å². The molecule has 0 radical (unpaired) electrons. The van der Waals surface area contributed by atoms with Gasteiger partial charge in [0.15, 0.2) is 17.0 Å². The summed E-state index contributed by atoms with van der Waals surface area (Å²) in [5.41, 5.74) is 6.26. The van der Waals surface area contributed by atoms with Crippen LogP contribution in [0.25, 0.3) is 11.2 Å². The maximum absolute atomic E-state index is 11.3. The Kier molecular flexibility index (Phi) is 2.47. The lowest BCUT2D eigenvalue weighted by atomic mass is 10.5. The smallest absolute Gasteiger partial charge is 0.233 e. The van der Waals surface area contributed by atoms with Crippen LogP contribution >= 0.6 is 0 Å². The van der Waals surface area contributed by atoms with Gasteiger partial charge in [0.2, 0.25) is 17.8 Å². The fourth-order valence-corrected chi connectivity index (χ4v) is 1.37. The summed E-state index contributed by atoms with van der Waals surface area (Å²) in [6.07, 6.45) is 1.32. The summed E-state index contributed by atoms with van der Waals surface area (Å²) < 4.78 is 1.23. The van der Waals surface area contributed by atoms with Gasteiger partial charge >= 0.3 is 0 Å². The van der Waals surface area contributed by atoms with Crippen molar-refractivity contribution in [2.45, 2.75) is 13.8 Å². The van der Waals surface area contributed by atoms with Crippen molar-refractivity contribution in [1.82, 2.24) is 19.5 Å². The molecule has 3 N–H and O–H groups in total. The standard InChI is InChI=1S/C9H10N6O2/c1-4(16)12-9-13-7(10)6-8(14-9)15(3-11-6)5(2)17/h3H,1-2H3,(H3,10,12,13,14,16). The SMILES string of the molecule is CC(=O)Nc1nc(N)c2ncn(C(C)=O)c2n1. The second-order valence-electron chi connectivity index (χ2n) is 3.42. The van der Waals surface area contributed by atoms with Gasteiger partial charge in [0.05, 0.1) is 0 Å². The van der Waals surface area contributed by atoms with Crippen LogP contribution in [0, 0.1) is 0 Å². The lowest BCUT2D eigenvalue weighted by Gasteiger charge is -2.03. The van der Waals surface area contributed by atoms with Crippen LogP contribution in [-0.4, -0.2) is 31.3 Å². The van der Waals surface area contributed by atoms with E-state index in [0.717, 1.165) is 0 Å². The van der Waals surface area contributed by atoms with Gasteiger partial charge in [-0.15, -0.1) is 0 Å². The molecule has 0 aliphatic rings. The fraction of sp³-hybridized carbons (Fsp3) is 0.222. The Balaban J connectivity index is 2.64. The van der Waals surface area contributed by atoms with E-state index in [0.29, 0.717) is 5.52 Å². The van der Waals surface area contributed by atoms with E-state index in [2.05, 4.69) is 20.3 Å². The summed E-state index contributed by atoms with van der Waals surface area (Å²) in [4.78, 5) is 34.0. The van der Waals surface area contributed by atoms with Crippen LogP contribution < -0.4 is 11.1 Å². The second-order valence-corrected chi connectivity index (χ2v) is 3.42. The molecule has 8 nitrogen and oxygen atoms in total. The first-order chi connectivity index (χ1) is 7.99. The highest BCUT2D eigenvalue weighted by atomic mass is 16.2. The van der Waals surface area contributed by atoms with Crippen molar-refractivity contribution in [1.29, 1.82) is 0 Å². The summed E-state index contributed by atoms with van der Waals surface area (Å²) in [7, 11) is 0. The molecular formula is C9H10N6O2. The average Bonchev–Trinajstić information content (AvgIpc) is 2.60. The second kappa shape index (κ2) is 3.81. The zero-order valence-corrected chi connectivity index (χ0v) is 9.26. The van der Waals surface area contributed by atoms with E-state index >= 15 is 0 Å². The largest absolute Gasteiger partial charge is 0.382 e. The van der Waals surface area contributed by atoms with E-state index in [-0.39, 0.29) is 29.2 Å². The number of fused-ring (bicyclic) bond motifs is 1. The molecule has 0 saturated carbocycles. The van der Waals surface area contributed by atoms with Gasteiger partial charge in [0.25, 0.3) is 0 Å². The maximum atomic E-state index is 11.3. The van der Waals surface area contributed by atoms with Crippen LogP contribution in [0.5, 0.6) is 0 Å².